The smallest absolute Gasteiger partial charge is 0.394 e. The highest BCUT2D eigenvalue weighted by atomic mass is 32.3. The number of aliphatic hydroxyl groups excluding tert-OH is 12. The fraction of sp³-hybridized carbons (Fsp3) is 0.983. The third-order valence-electron chi connectivity index (χ3n) is 16.9. The predicted molar refractivity (Wildman–Crippen MR) is 309 cm³/mol. The molecule has 0 radical (unpaired) electrons. The Labute approximate surface area is 500 Å². The molecule has 20 atom stereocenters. The number of hydrogen-bond donors (Lipinski definition) is 14. The fourth-order valence-corrected chi connectivity index (χ4v) is 11.7. The maximum absolute atomic E-state index is 13.5. The molecule has 3 aliphatic heterocycles. The molecule has 3 saturated heterocycles. The van der Waals surface area contributed by atoms with Crippen LogP contribution in [0.25, 0.3) is 0 Å². The molecule has 20 unspecified atom stereocenters. The van der Waals surface area contributed by atoms with Gasteiger partial charge >= 0.3 is 10.4 Å². The van der Waals surface area contributed by atoms with Gasteiger partial charge in [-0.25, -0.2) is 4.18 Å². The standard InChI is InChI=1S/C59H113NO23S/c1-4-6-7-8-9-10-11-12-13-14-15-16-17-18-21-25-28-31-34-42(65)56(73)60-40(46(66)41(64)33-30-27-24-22-19-20-23-26-29-32-39(3)5-2)38-77-57-50(70)48(68)53(44(36-62)79-57)81-58-51(71)49(69)54(45(37-63)80-58)82-59-52(72)55(83-84(74,75)76)47(67)43(35-61)78-59/h39-55,57-59,61-72H,4-38H2,1-3H3,(H,60,73)(H,74,75,76). The zero-order valence-electron chi connectivity index (χ0n) is 50.6. The first kappa shape index (κ1) is 76.9. The summed E-state index contributed by atoms with van der Waals surface area (Å²) in [6.45, 7) is 3.24. The van der Waals surface area contributed by atoms with Gasteiger partial charge in [-0.1, -0.05) is 207 Å². The van der Waals surface area contributed by atoms with Crippen LogP contribution in [-0.2, 0) is 47.8 Å². The van der Waals surface area contributed by atoms with Gasteiger partial charge in [-0.3, -0.25) is 9.35 Å². The molecule has 0 saturated carbocycles. The quantitative estimate of drug-likeness (QED) is 0.0305. The van der Waals surface area contributed by atoms with Crippen molar-refractivity contribution in [3.8, 4) is 0 Å². The van der Waals surface area contributed by atoms with Crippen LogP contribution in [0, 0.1) is 5.92 Å². The highest BCUT2D eigenvalue weighted by molar-refractivity contribution is 7.80. The van der Waals surface area contributed by atoms with Gasteiger partial charge in [0.05, 0.1) is 38.6 Å². The second kappa shape index (κ2) is 43.4. The maximum Gasteiger partial charge on any atom is 0.397 e. The number of ether oxygens (including phenoxy) is 6. The van der Waals surface area contributed by atoms with E-state index in [0.717, 1.165) is 57.3 Å². The number of carbonyl (C=O) groups excluding carboxylic acids is 1. The molecule has 14 N–H and O–H groups in total. The first-order chi connectivity index (χ1) is 40.2. The lowest BCUT2D eigenvalue weighted by Crippen LogP contribution is -2.67. The van der Waals surface area contributed by atoms with Gasteiger partial charge in [0, 0.05) is 0 Å². The molecule has 3 aliphatic rings. The topological polar surface area (TPSA) is 391 Å². The van der Waals surface area contributed by atoms with E-state index in [2.05, 4.69) is 30.3 Å². The lowest BCUT2D eigenvalue weighted by atomic mass is 9.96. The average molecular weight is 1240 g/mol. The summed E-state index contributed by atoms with van der Waals surface area (Å²) in [7, 11) is -5.30. The molecule has 84 heavy (non-hydrogen) atoms. The maximum atomic E-state index is 13.5. The van der Waals surface area contributed by atoms with Crippen molar-refractivity contribution in [1.82, 2.24) is 5.32 Å². The summed E-state index contributed by atoms with van der Waals surface area (Å²) in [5.74, 6) is -0.0592. The molecule has 3 heterocycles. The van der Waals surface area contributed by atoms with E-state index >= 15 is 0 Å². The van der Waals surface area contributed by atoms with Crippen LogP contribution in [0.4, 0.5) is 0 Å². The highest BCUT2D eigenvalue weighted by Gasteiger charge is 2.54. The summed E-state index contributed by atoms with van der Waals surface area (Å²) < 4.78 is 70.5. The number of unbranched alkanes of at least 4 members (excludes halogenated alkanes) is 25. The van der Waals surface area contributed by atoms with Crippen LogP contribution in [0.3, 0.4) is 0 Å². The largest absolute Gasteiger partial charge is 0.397 e. The highest BCUT2D eigenvalue weighted by Crippen LogP contribution is 2.34. The van der Waals surface area contributed by atoms with Crippen molar-refractivity contribution in [2.45, 2.75) is 336 Å². The van der Waals surface area contributed by atoms with Crippen LogP contribution in [-0.4, -0.2) is 223 Å². The molecule has 24 nitrogen and oxygen atoms in total. The molecule has 498 valence electrons. The second-order valence-corrected chi connectivity index (χ2v) is 25.0. The van der Waals surface area contributed by atoms with Gasteiger partial charge in [0.25, 0.3) is 0 Å². The Morgan fingerprint density at radius 3 is 1.30 bits per heavy atom. The first-order valence-corrected chi connectivity index (χ1v) is 33.4. The first-order valence-electron chi connectivity index (χ1n) is 32.0. The van der Waals surface area contributed by atoms with E-state index in [4.69, 9.17) is 28.4 Å². The Morgan fingerprint density at radius 2 is 0.869 bits per heavy atom. The minimum atomic E-state index is -5.30. The zero-order valence-corrected chi connectivity index (χ0v) is 51.4. The second-order valence-electron chi connectivity index (χ2n) is 23.9. The molecule has 1 amide bonds. The lowest BCUT2D eigenvalue weighted by Gasteiger charge is -2.48. The van der Waals surface area contributed by atoms with Gasteiger partial charge in [-0.05, 0) is 18.8 Å². The van der Waals surface area contributed by atoms with Crippen molar-refractivity contribution in [3.05, 3.63) is 0 Å². The van der Waals surface area contributed by atoms with Crippen molar-refractivity contribution in [2.24, 2.45) is 5.92 Å². The van der Waals surface area contributed by atoms with Crippen molar-refractivity contribution >= 4 is 16.3 Å². The number of rotatable bonds is 48. The summed E-state index contributed by atoms with van der Waals surface area (Å²) in [5, 5.41) is 133. The average Bonchev–Trinajstić information content (AvgIpc) is 3.64. The lowest BCUT2D eigenvalue weighted by molar-refractivity contribution is -0.379. The number of amides is 1. The van der Waals surface area contributed by atoms with E-state index in [9.17, 15) is 79.0 Å². The molecule has 3 fully saturated rings. The van der Waals surface area contributed by atoms with E-state index in [-0.39, 0.29) is 12.8 Å². The van der Waals surface area contributed by atoms with Crippen LogP contribution in [0.2, 0.25) is 0 Å². The SMILES string of the molecule is CCCCCCCCCCCCCCCCCCCCC(O)C(=O)NC(COC1OC(CO)C(OC2OC(CO)C(OC3OC(CO)C(O)C(OS(=O)(=O)O)C3O)C(O)C2O)C(O)C1O)C(O)C(O)CCCCCCCCCCCC(C)CC. The van der Waals surface area contributed by atoms with Crippen LogP contribution < -0.4 is 5.32 Å². The van der Waals surface area contributed by atoms with Gasteiger partial charge < -0.3 is 95.0 Å². The molecule has 0 bridgehead atoms. The van der Waals surface area contributed by atoms with Crippen molar-refractivity contribution < 1.29 is 112 Å². The number of carbonyl (C=O) groups is 1. The van der Waals surface area contributed by atoms with E-state index in [1.165, 1.54) is 122 Å². The monoisotopic (exact) mass is 1240 g/mol. The summed E-state index contributed by atoms with van der Waals surface area (Å²) >= 11 is 0. The third kappa shape index (κ3) is 28.2. The Balaban J connectivity index is 1.56. The van der Waals surface area contributed by atoms with Crippen LogP contribution in [0.5, 0.6) is 0 Å². The van der Waals surface area contributed by atoms with E-state index < -0.39 is 159 Å². The predicted octanol–water partition coefficient (Wildman–Crippen LogP) is 3.61. The Kier molecular flexibility index (Phi) is 39.7. The third-order valence-corrected chi connectivity index (χ3v) is 17.3. The minimum Gasteiger partial charge on any atom is -0.394 e. The molecule has 3 rings (SSSR count). The molecule has 0 aromatic rings. The van der Waals surface area contributed by atoms with Gasteiger partial charge in [-0.2, -0.15) is 8.42 Å². The molecule has 0 aliphatic carbocycles. The fourth-order valence-electron chi connectivity index (χ4n) is 11.2. The summed E-state index contributed by atoms with van der Waals surface area (Å²) in [6.07, 6.45) is 0.319. The summed E-state index contributed by atoms with van der Waals surface area (Å²) in [6, 6.07) is -1.36. The van der Waals surface area contributed by atoms with E-state index in [1.807, 2.05) is 0 Å². The molecule has 0 aromatic carbocycles. The van der Waals surface area contributed by atoms with Crippen molar-refractivity contribution in [2.75, 3.05) is 26.4 Å². The molecule has 25 heteroatoms. The Hall–Kier alpha value is -1.38. The molecular formula is C59H113NO23S. The zero-order chi connectivity index (χ0) is 62.0. The van der Waals surface area contributed by atoms with Gasteiger partial charge in [-0.15, -0.1) is 0 Å². The number of hydrogen-bond acceptors (Lipinski definition) is 22. The minimum absolute atomic E-state index is 0.151. The van der Waals surface area contributed by atoms with Gasteiger partial charge in [0.15, 0.2) is 18.9 Å². The Morgan fingerprint density at radius 1 is 0.488 bits per heavy atom. The molecule has 0 spiro atoms. The van der Waals surface area contributed by atoms with E-state index in [1.54, 1.807) is 0 Å². The summed E-state index contributed by atoms with van der Waals surface area (Å²) in [4.78, 5) is 13.5. The van der Waals surface area contributed by atoms with Gasteiger partial charge in [0.2, 0.25) is 5.91 Å². The van der Waals surface area contributed by atoms with Crippen molar-refractivity contribution in [1.29, 1.82) is 0 Å². The number of nitrogens with one attached hydrogen (secondary N) is 1. The molecular weight excluding hydrogens is 1120 g/mol. The van der Waals surface area contributed by atoms with Crippen LogP contribution in [0.15, 0.2) is 0 Å². The van der Waals surface area contributed by atoms with Crippen molar-refractivity contribution in [3.63, 3.8) is 0 Å². The molecule has 0 aromatic heterocycles. The Bertz CT molecular complexity index is 1780. The van der Waals surface area contributed by atoms with Crippen LogP contribution >= 0.6 is 0 Å². The van der Waals surface area contributed by atoms with Crippen LogP contribution in [0.1, 0.15) is 220 Å². The normalized spacial score (nSPS) is 30.5. The summed E-state index contributed by atoms with van der Waals surface area (Å²) in [5.41, 5.74) is 0. The van der Waals surface area contributed by atoms with Gasteiger partial charge in [0.1, 0.15) is 85.5 Å². The number of aliphatic hydroxyl groups is 12. The van der Waals surface area contributed by atoms with E-state index in [0.29, 0.717) is 12.8 Å².